The number of nitrogens with zero attached hydrogens (tertiary/aromatic N) is 1. The van der Waals surface area contributed by atoms with Crippen molar-refractivity contribution in [3.05, 3.63) is 24.3 Å². The molecule has 2 N–H and O–H groups in total. The van der Waals surface area contributed by atoms with Crippen molar-refractivity contribution in [1.82, 2.24) is 10.2 Å². The molecule has 1 atom stereocenters. The summed E-state index contributed by atoms with van der Waals surface area (Å²) in [6.07, 6.45) is 0. The molecule has 0 aromatic heterocycles. The maximum Gasteiger partial charge on any atom is 0.322 e. The van der Waals surface area contributed by atoms with Gasteiger partial charge in [-0.3, -0.25) is 4.79 Å². The van der Waals surface area contributed by atoms with Crippen molar-refractivity contribution in [3.63, 3.8) is 0 Å². The number of hydrogen-bond donors (Lipinski definition) is 2. The monoisotopic (exact) mass is 335 g/mol. The molecule has 1 rings (SSSR count). The van der Waals surface area contributed by atoms with Crippen LogP contribution in [0.15, 0.2) is 24.3 Å². The van der Waals surface area contributed by atoms with Gasteiger partial charge in [-0.15, -0.1) is 0 Å². The minimum Gasteiger partial charge on any atom is -0.484 e. The van der Waals surface area contributed by atoms with Crippen molar-refractivity contribution in [3.8, 4) is 5.75 Å². The van der Waals surface area contributed by atoms with Crippen molar-refractivity contribution in [1.29, 1.82) is 0 Å². The van der Waals surface area contributed by atoms with Gasteiger partial charge in [0.2, 0.25) is 0 Å². The standard InChI is InChI=1S/C18H29N3O3/c1-6-19-17(22)12-24-16-10-8-15(9-11-16)20-18(23)21(7-2)14(5)13(3)4/h8-11,13-14H,6-7,12H2,1-5H3,(H,19,22)(H,20,23). The lowest BCUT2D eigenvalue weighted by molar-refractivity contribution is -0.122. The van der Waals surface area contributed by atoms with E-state index in [0.29, 0.717) is 30.4 Å². The molecule has 6 nitrogen and oxygen atoms in total. The second kappa shape index (κ2) is 9.80. The van der Waals surface area contributed by atoms with Crippen LogP contribution in [-0.2, 0) is 4.79 Å². The van der Waals surface area contributed by atoms with Crippen LogP contribution in [0.5, 0.6) is 5.75 Å². The van der Waals surface area contributed by atoms with Gasteiger partial charge < -0.3 is 20.3 Å². The first-order valence-corrected chi connectivity index (χ1v) is 8.46. The van der Waals surface area contributed by atoms with Gasteiger partial charge in [0.25, 0.3) is 5.91 Å². The van der Waals surface area contributed by atoms with Crippen molar-refractivity contribution >= 4 is 17.6 Å². The number of carbonyl (C=O) groups is 2. The highest BCUT2D eigenvalue weighted by atomic mass is 16.5. The number of amides is 3. The van der Waals surface area contributed by atoms with Crippen LogP contribution in [0.2, 0.25) is 0 Å². The Kier molecular flexibility index (Phi) is 8.09. The topological polar surface area (TPSA) is 70.7 Å². The first kappa shape index (κ1) is 19.8. The molecule has 0 aliphatic rings. The molecule has 134 valence electrons. The summed E-state index contributed by atoms with van der Waals surface area (Å²) in [5.74, 6) is 0.819. The minimum absolute atomic E-state index is 0.0188. The number of nitrogens with one attached hydrogen (secondary N) is 2. The Labute approximate surface area is 144 Å². The molecule has 3 amide bonds. The molecule has 6 heteroatoms. The Morgan fingerprint density at radius 1 is 1.12 bits per heavy atom. The number of ether oxygens (including phenoxy) is 1. The van der Waals surface area contributed by atoms with E-state index >= 15 is 0 Å². The van der Waals surface area contributed by atoms with E-state index in [1.165, 1.54) is 0 Å². The lowest BCUT2D eigenvalue weighted by Crippen LogP contribution is -2.43. The number of carbonyl (C=O) groups excluding carboxylic acids is 2. The van der Waals surface area contributed by atoms with Crippen LogP contribution in [0.1, 0.15) is 34.6 Å². The van der Waals surface area contributed by atoms with Crippen LogP contribution < -0.4 is 15.4 Å². The van der Waals surface area contributed by atoms with Gasteiger partial charge in [-0.2, -0.15) is 0 Å². The van der Waals surface area contributed by atoms with E-state index in [1.807, 2.05) is 25.7 Å². The van der Waals surface area contributed by atoms with Crippen LogP contribution in [0.4, 0.5) is 10.5 Å². The van der Waals surface area contributed by atoms with Crippen molar-refractivity contribution in [2.24, 2.45) is 5.92 Å². The van der Waals surface area contributed by atoms with Crippen LogP contribution in [0.25, 0.3) is 0 Å². The first-order chi connectivity index (χ1) is 11.4. The second-order valence-corrected chi connectivity index (χ2v) is 5.97. The molecule has 0 aliphatic heterocycles. The van der Waals surface area contributed by atoms with Crippen LogP contribution >= 0.6 is 0 Å². The molecule has 0 aliphatic carbocycles. The molecular weight excluding hydrogens is 306 g/mol. The van der Waals surface area contributed by atoms with E-state index in [1.54, 1.807) is 24.3 Å². The van der Waals surface area contributed by atoms with E-state index in [9.17, 15) is 9.59 Å². The molecule has 0 spiro atoms. The SMILES string of the molecule is CCNC(=O)COc1ccc(NC(=O)N(CC)C(C)C(C)C)cc1. The van der Waals surface area contributed by atoms with Crippen molar-refractivity contribution in [2.75, 3.05) is 25.0 Å². The molecule has 0 bridgehead atoms. The maximum atomic E-state index is 12.4. The number of hydrogen-bond acceptors (Lipinski definition) is 3. The Bertz CT molecular complexity index is 529. The summed E-state index contributed by atoms with van der Waals surface area (Å²) in [5, 5.41) is 5.56. The summed E-state index contributed by atoms with van der Waals surface area (Å²) in [6, 6.07) is 7.04. The highest BCUT2D eigenvalue weighted by molar-refractivity contribution is 5.89. The summed E-state index contributed by atoms with van der Waals surface area (Å²) < 4.78 is 5.38. The third-order valence-electron chi connectivity index (χ3n) is 3.91. The van der Waals surface area contributed by atoms with Gasteiger partial charge in [-0.1, -0.05) is 13.8 Å². The molecule has 1 aromatic carbocycles. The molecule has 0 saturated carbocycles. The van der Waals surface area contributed by atoms with Gasteiger partial charge in [0.1, 0.15) is 5.75 Å². The van der Waals surface area contributed by atoms with E-state index in [-0.39, 0.29) is 24.6 Å². The number of rotatable bonds is 8. The third-order valence-corrected chi connectivity index (χ3v) is 3.91. The fourth-order valence-electron chi connectivity index (χ4n) is 2.20. The number of likely N-dealkylation sites (N-methyl/N-ethyl adjacent to an activating group) is 1. The maximum absolute atomic E-state index is 12.4. The van der Waals surface area contributed by atoms with Crippen molar-refractivity contribution in [2.45, 2.75) is 40.7 Å². The fourth-order valence-corrected chi connectivity index (χ4v) is 2.20. The van der Waals surface area contributed by atoms with Crippen LogP contribution in [0, 0.1) is 5.92 Å². The smallest absolute Gasteiger partial charge is 0.322 e. The Morgan fingerprint density at radius 3 is 2.25 bits per heavy atom. The normalized spacial score (nSPS) is 11.8. The molecular formula is C18H29N3O3. The summed E-state index contributed by atoms with van der Waals surface area (Å²) in [5.41, 5.74) is 0.694. The van der Waals surface area contributed by atoms with Gasteiger partial charge in [-0.05, 0) is 51.0 Å². The lowest BCUT2D eigenvalue weighted by Gasteiger charge is -2.30. The highest BCUT2D eigenvalue weighted by Crippen LogP contribution is 2.17. The number of anilines is 1. The highest BCUT2D eigenvalue weighted by Gasteiger charge is 2.20. The second-order valence-electron chi connectivity index (χ2n) is 5.97. The number of urea groups is 1. The quantitative estimate of drug-likeness (QED) is 0.767. The van der Waals surface area contributed by atoms with Gasteiger partial charge >= 0.3 is 6.03 Å². The molecule has 0 fully saturated rings. The molecule has 1 aromatic rings. The fraction of sp³-hybridized carbons (Fsp3) is 0.556. The predicted molar refractivity (Wildman–Crippen MR) is 96.3 cm³/mol. The lowest BCUT2D eigenvalue weighted by atomic mass is 10.1. The third kappa shape index (κ3) is 6.10. The minimum atomic E-state index is -0.156. The summed E-state index contributed by atoms with van der Waals surface area (Å²) in [7, 11) is 0. The first-order valence-electron chi connectivity index (χ1n) is 8.46. The van der Waals surface area contributed by atoms with E-state index in [0.717, 1.165) is 0 Å². The molecule has 1 unspecified atom stereocenters. The molecule has 0 radical (unpaired) electrons. The van der Waals surface area contributed by atoms with Gasteiger partial charge in [0.05, 0.1) is 0 Å². The molecule has 0 heterocycles. The molecule has 0 saturated heterocycles. The van der Waals surface area contributed by atoms with Crippen molar-refractivity contribution < 1.29 is 14.3 Å². The molecule has 24 heavy (non-hydrogen) atoms. The predicted octanol–water partition coefficient (Wildman–Crippen LogP) is 3.10. The summed E-state index contributed by atoms with van der Waals surface area (Å²) >= 11 is 0. The van der Waals surface area contributed by atoms with Crippen LogP contribution in [-0.4, -0.2) is 42.6 Å². The van der Waals surface area contributed by atoms with E-state index < -0.39 is 0 Å². The Morgan fingerprint density at radius 2 is 1.75 bits per heavy atom. The van der Waals surface area contributed by atoms with E-state index in [2.05, 4.69) is 24.5 Å². The Hall–Kier alpha value is -2.24. The number of benzene rings is 1. The Balaban J connectivity index is 2.59. The van der Waals surface area contributed by atoms with Gasteiger partial charge in [0.15, 0.2) is 6.61 Å². The van der Waals surface area contributed by atoms with Gasteiger partial charge in [-0.25, -0.2) is 4.79 Å². The van der Waals surface area contributed by atoms with Gasteiger partial charge in [0, 0.05) is 24.8 Å². The summed E-state index contributed by atoms with van der Waals surface area (Å²) in [4.78, 5) is 25.6. The zero-order valence-corrected chi connectivity index (χ0v) is 15.3. The average Bonchev–Trinajstić information content (AvgIpc) is 2.55. The van der Waals surface area contributed by atoms with Crippen LogP contribution in [0.3, 0.4) is 0 Å². The van der Waals surface area contributed by atoms with E-state index in [4.69, 9.17) is 4.74 Å². The zero-order valence-electron chi connectivity index (χ0n) is 15.3. The zero-order chi connectivity index (χ0) is 18.1. The largest absolute Gasteiger partial charge is 0.484 e. The summed E-state index contributed by atoms with van der Waals surface area (Å²) in [6.45, 7) is 11.3. The average molecular weight is 335 g/mol.